The number of fused-ring (bicyclic) bond motifs is 18. The van der Waals surface area contributed by atoms with Crippen molar-refractivity contribution in [3.8, 4) is 0 Å². The van der Waals surface area contributed by atoms with Gasteiger partial charge in [-0.2, -0.15) is 0 Å². The Morgan fingerprint density at radius 1 is 0.298 bits per heavy atom. The molecule has 0 spiro atoms. The SMILES string of the molecule is c1ccc2cc3c(cc2c1)C1=NC/3=N\c2c3cc4ccccc4cc3c3n2Nn2/c(c4cc5ccccc5cc4/c2=N/C2=NC(=N\3)/c3cc4ccccc4cc32)=N\1. The minimum Gasteiger partial charge on any atom is -0.224 e. The molecule has 6 heterocycles. The van der Waals surface area contributed by atoms with Crippen LogP contribution in [0.25, 0.3) is 64.6 Å². The maximum atomic E-state index is 5.46. The van der Waals surface area contributed by atoms with Gasteiger partial charge in [0.15, 0.2) is 46.0 Å². The van der Waals surface area contributed by atoms with Crippen LogP contribution in [0.1, 0.15) is 22.3 Å². The van der Waals surface area contributed by atoms with E-state index in [1.165, 1.54) is 0 Å². The molecule has 0 atom stereocenters. The lowest BCUT2D eigenvalue weighted by Gasteiger charge is -2.14. The second-order valence-electron chi connectivity index (χ2n) is 15.0. The summed E-state index contributed by atoms with van der Waals surface area (Å²) in [7, 11) is 0. The first-order valence-electron chi connectivity index (χ1n) is 19.0. The Hall–Kier alpha value is -8.04. The second kappa shape index (κ2) is 10.4. The van der Waals surface area contributed by atoms with Crippen molar-refractivity contribution in [2.24, 2.45) is 30.0 Å². The average molecular weight is 728 g/mol. The molecule has 4 aliphatic heterocycles. The van der Waals surface area contributed by atoms with Crippen molar-refractivity contribution in [3.63, 3.8) is 0 Å². The van der Waals surface area contributed by atoms with E-state index < -0.39 is 0 Å². The third-order valence-electron chi connectivity index (χ3n) is 11.8. The lowest BCUT2D eigenvalue weighted by Crippen LogP contribution is -2.39. The Bertz CT molecular complexity index is 3590. The molecule has 262 valence electrons. The van der Waals surface area contributed by atoms with Gasteiger partial charge in [0.1, 0.15) is 0 Å². The topological polar surface area (TPSA) is 96.0 Å². The van der Waals surface area contributed by atoms with Gasteiger partial charge in [0.2, 0.25) is 0 Å². The van der Waals surface area contributed by atoms with Gasteiger partial charge in [0.05, 0.1) is 0 Å². The summed E-state index contributed by atoms with van der Waals surface area (Å²) in [6.07, 6.45) is 0. The molecule has 0 amide bonds. The van der Waals surface area contributed by atoms with Crippen LogP contribution in [0.15, 0.2) is 176 Å². The van der Waals surface area contributed by atoms with Crippen LogP contribution >= 0.6 is 0 Å². The highest BCUT2D eigenvalue weighted by molar-refractivity contribution is 6.27. The van der Waals surface area contributed by atoms with E-state index in [2.05, 4.69) is 151 Å². The fourth-order valence-corrected chi connectivity index (χ4v) is 9.04. The smallest absolute Gasteiger partial charge is 0.165 e. The van der Waals surface area contributed by atoms with Gasteiger partial charge in [-0.05, 0) is 91.6 Å². The average Bonchev–Trinajstić information content (AvgIpc) is 3.93. The molecule has 0 radical (unpaired) electrons. The second-order valence-corrected chi connectivity index (χ2v) is 15.0. The van der Waals surface area contributed by atoms with Crippen molar-refractivity contribution in [2.45, 2.75) is 0 Å². The number of hydrogen-bond donors (Lipinski definition) is 1. The third-order valence-corrected chi connectivity index (χ3v) is 11.8. The lowest BCUT2D eigenvalue weighted by molar-refractivity contribution is 0.711. The van der Waals surface area contributed by atoms with Crippen LogP contribution in [0.3, 0.4) is 0 Å². The van der Waals surface area contributed by atoms with Crippen molar-refractivity contribution in [3.05, 3.63) is 179 Å². The van der Waals surface area contributed by atoms with Gasteiger partial charge in [-0.15, -0.1) is 0 Å². The third kappa shape index (κ3) is 3.96. The first-order chi connectivity index (χ1) is 28.2. The molecule has 14 rings (SSSR count). The Labute approximate surface area is 322 Å². The normalized spacial score (nSPS) is 17.8. The Balaban J connectivity index is 1.22. The Kier molecular flexibility index (Phi) is 5.34. The summed E-state index contributed by atoms with van der Waals surface area (Å²) in [6, 6.07) is 51.2. The van der Waals surface area contributed by atoms with Crippen LogP contribution in [0.4, 0.5) is 11.6 Å². The molecule has 8 aromatic carbocycles. The van der Waals surface area contributed by atoms with E-state index in [9.17, 15) is 0 Å². The van der Waals surface area contributed by atoms with Gasteiger partial charge in [-0.25, -0.2) is 44.8 Å². The van der Waals surface area contributed by atoms with E-state index in [0.717, 1.165) is 86.9 Å². The van der Waals surface area contributed by atoms with Gasteiger partial charge < -0.3 is 0 Å². The van der Waals surface area contributed by atoms with Crippen molar-refractivity contribution < 1.29 is 0 Å². The van der Waals surface area contributed by atoms with Gasteiger partial charge in [-0.1, -0.05) is 97.1 Å². The van der Waals surface area contributed by atoms with E-state index in [-0.39, 0.29) is 0 Å². The molecule has 1 N–H and O–H groups in total. The fraction of sp³-hybridized carbons (Fsp3) is 0. The summed E-state index contributed by atoms with van der Waals surface area (Å²) in [5.74, 6) is 3.70. The summed E-state index contributed by atoms with van der Waals surface area (Å²) in [6.45, 7) is 0. The summed E-state index contributed by atoms with van der Waals surface area (Å²) >= 11 is 0. The van der Waals surface area contributed by atoms with E-state index >= 15 is 0 Å². The van der Waals surface area contributed by atoms with Crippen LogP contribution in [0.5, 0.6) is 0 Å². The standard InChI is InChI=1S/C48H25N9/c1-2-10-26-18-34-33(17-25(26)9-1)41-49-42(34)52-46-39-23-31-15-7-8-16-32(31)24-40(39)48-54-44-36-20-28-12-4-3-11-27(28)19-35(36)43(50-44)53-47-38-22-30-14-6-5-13-29(30)21-37(38)45(51-41)56(47)55-57(46)48/h1-24,55H/b51-41-,51-45?,52-42?,52-46-,53-43-,53-47?,54-44?,54-48-. The summed E-state index contributed by atoms with van der Waals surface area (Å²) in [4.78, 5) is 32.3. The summed E-state index contributed by atoms with van der Waals surface area (Å²) in [5, 5.41) is 12.6. The first-order valence-corrected chi connectivity index (χ1v) is 19.0. The van der Waals surface area contributed by atoms with E-state index in [4.69, 9.17) is 30.0 Å². The number of hydrogen-bond acceptors (Lipinski definition) is 7. The molecule has 0 fully saturated rings. The monoisotopic (exact) mass is 727 g/mol. The molecule has 0 saturated carbocycles. The molecular weight excluding hydrogens is 703 g/mol. The molecule has 0 saturated heterocycles. The van der Waals surface area contributed by atoms with Crippen LogP contribution in [0.2, 0.25) is 0 Å². The number of amidine groups is 4. The summed E-state index contributed by atoms with van der Waals surface area (Å²) in [5.41, 5.74) is 8.82. The zero-order chi connectivity index (χ0) is 36.9. The largest absolute Gasteiger partial charge is 0.224 e. The number of nitrogens with zero attached hydrogens (tertiary/aromatic N) is 8. The van der Waals surface area contributed by atoms with Gasteiger partial charge >= 0.3 is 0 Å². The van der Waals surface area contributed by atoms with E-state index in [1.807, 2.05) is 9.35 Å². The zero-order valence-electron chi connectivity index (χ0n) is 29.9. The van der Waals surface area contributed by atoms with Crippen molar-refractivity contribution in [1.82, 2.24) is 9.35 Å². The van der Waals surface area contributed by atoms with Gasteiger partial charge in [-0.3, -0.25) is 0 Å². The number of benzene rings is 8. The Morgan fingerprint density at radius 3 is 0.947 bits per heavy atom. The number of nitrogens with one attached hydrogen (secondary N) is 1. The predicted octanol–water partition coefficient (Wildman–Crippen LogP) is 9.16. The molecule has 0 unspecified atom stereocenters. The highest BCUT2D eigenvalue weighted by Gasteiger charge is 2.30. The molecule has 10 aromatic rings. The first kappa shape index (κ1) is 29.3. The van der Waals surface area contributed by atoms with E-state index in [0.29, 0.717) is 46.0 Å². The van der Waals surface area contributed by atoms with Crippen molar-refractivity contribution in [2.75, 3.05) is 5.53 Å². The van der Waals surface area contributed by atoms with Crippen LogP contribution in [-0.4, -0.2) is 32.7 Å². The molecule has 6 bridgehead atoms. The lowest BCUT2D eigenvalue weighted by atomic mass is 10.0. The highest BCUT2D eigenvalue weighted by Crippen LogP contribution is 2.42. The number of aliphatic imine (C=N–C) groups is 4. The van der Waals surface area contributed by atoms with Gasteiger partial charge in [0.25, 0.3) is 0 Å². The van der Waals surface area contributed by atoms with E-state index in [1.54, 1.807) is 0 Å². The molecule has 9 heteroatoms. The highest BCUT2D eigenvalue weighted by atomic mass is 15.7. The maximum Gasteiger partial charge on any atom is 0.165 e. The van der Waals surface area contributed by atoms with Crippen molar-refractivity contribution >= 4 is 99.6 Å². The van der Waals surface area contributed by atoms with Crippen molar-refractivity contribution in [1.29, 1.82) is 0 Å². The predicted molar refractivity (Wildman–Crippen MR) is 229 cm³/mol. The number of aromatic nitrogens is 2. The quantitative estimate of drug-likeness (QED) is 0.166. The number of rotatable bonds is 0. The minimum atomic E-state index is 0.592. The minimum absolute atomic E-state index is 0.592. The van der Waals surface area contributed by atoms with Crippen LogP contribution in [-0.2, 0) is 0 Å². The zero-order valence-corrected chi connectivity index (χ0v) is 29.9. The van der Waals surface area contributed by atoms with Crippen LogP contribution in [0, 0.1) is 0 Å². The molecule has 9 nitrogen and oxygen atoms in total. The molecular formula is C48H25N9. The molecule has 2 aromatic heterocycles. The fourth-order valence-electron chi connectivity index (χ4n) is 9.04. The summed E-state index contributed by atoms with van der Waals surface area (Å²) < 4.78 is 3.94. The maximum absolute atomic E-state index is 5.46. The molecule has 57 heavy (non-hydrogen) atoms. The Morgan fingerprint density at radius 2 is 0.596 bits per heavy atom. The molecule has 4 aliphatic rings. The van der Waals surface area contributed by atoms with Gasteiger partial charge in [0, 0.05) is 43.8 Å². The van der Waals surface area contributed by atoms with Crippen LogP contribution < -0.4 is 16.5 Å². The molecule has 0 aliphatic carbocycles.